The summed E-state index contributed by atoms with van der Waals surface area (Å²) in [7, 11) is 0. The van der Waals surface area contributed by atoms with Crippen molar-refractivity contribution >= 4 is 5.91 Å². The highest BCUT2D eigenvalue weighted by atomic mass is 16.3. The molecule has 1 unspecified atom stereocenters. The molecule has 0 radical (unpaired) electrons. The number of carbonyl (C=O) groups is 1. The summed E-state index contributed by atoms with van der Waals surface area (Å²) in [4.78, 5) is 13.3. The van der Waals surface area contributed by atoms with Crippen LogP contribution in [0.25, 0.3) is 0 Å². The largest absolute Gasteiger partial charge is 0.396 e. The van der Waals surface area contributed by atoms with Gasteiger partial charge in [0.05, 0.1) is 0 Å². The second kappa shape index (κ2) is 3.05. The van der Waals surface area contributed by atoms with Crippen molar-refractivity contribution in [1.29, 1.82) is 0 Å². The van der Waals surface area contributed by atoms with E-state index in [0.717, 1.165) is 25.8 Å². The Morgan fingerprint density at radius 1 is 1.50 bits per heavy atom. The van der Waals surface area contributed by atoms with E-state index in [1.807, 2.05) is 4.90 Å². The Morgan fingerprint density at radius 2 is 2.33 bits per heavy atom. The quantitative estimate of drug-likeness (QED) is 0.616. The minimum Gasteiger partial charge on any atom is -0.396 e. The molecule has 2 atom stereocenters. The van der Waals surface area contributed by atoms with Gasteiger partial charge < -0.3 is 10.0 Å². The first-order valence-corrected chi connectivity index (χ1v) is 4.73. The lowest BCUT2D eigenvalue weighted by Crippen LogP contribution is -2.45. The fourth-order valence-corrected chi connectivity index (χ4v) is 2.45. The molecular weight excluding hydrogens is 154 g/mol. The maximum atomic E-state index is 11.4. The topological polar surface area (TPSA) is 40.5 Å². The van der Waals surface area contributed by atoms with Crippen molar-refractivity contribution in [2.75, 3.05) is 13.2 Å². The summed E-state index contributed by atoms with van der Waals surface area (Å²) in [6.45, 7) is 1.16. The number of rotatable bonds is 1. The van der Waals surface area contributed by atoms with Gasteiger partial charge >= 0.3 is 0 Å². The van der Waals surface area contributed by atoms with E-state index >= 15 is 0 Å². The number of aliphatic hydroxyl groups excluding tert-OH is 1. The van der Waals surface area contributed by atoms with Crippen molar-refractivity contribution in [3.05, 3.63) is 0 Å². The number of amides is 1. The van der Waals surface area contributed by atoms with E-state index in [4.69, 9.17) is 5.11 Å². The van der Waals surface area contributed by atoms with Gasteiger partial charge in [0.1, 0.15) is 0 Å². The van der Waals surface area contributed by atoms with Crippen LogP contribution in [0.1, 0.15) is 25.7 Å². The summed E-state index contributed by atoms with van der Waals surface area (Å²) >= 11 is 0. The van der Waals surface area contributed by atoms with Crippen molar-refractivity contribution in [2.45, 2.75) is 31.7 Å². The Hall–Kier alpha value is -0.570. The first-order valence-electron chi connectivity index (χ1n) is 4.73. The Labute approximate surface area is 72.4 Å². The Balaban J connectivity index is 2.10. The minimum atomic E-state index is 0.244. The van der Waals surface area contributed by atoms with E-state index in [2.05, 4.69) is 0 Å². The zero-order chi connectivity index (χ0) is 8.55. The highest BCUT2D eigenvalue weighted by molar-refractivity contribution is 5.77. The molecule has 2 aliphatic heterocycles. The van der Waals surface area contributed by atoms with Crippen LogP contribution in [0, 0.1) is 5.92 Å². The van der Waals surface area contributed by atoms with Crippen molar-refractivity contribution in [1.82, 2.24) is 4.90 Å². The molecule has 0 saturated carbocycles. The Bertz CT molecular complexity index is 193. The van der Waals surface area contributed by atoms with Crippen molar-refractivity contribution in [3.8, 4) is 0 Å². The monoisotopic (exact) mass is 169 g/mol. The van der Waals surface area contributed by atoms with Crippen LogP contribution < -0.4 is 0 Å². The third kappa shape index (κ3) is 1.12. The number of hydrogen-bond acceptors (Lipinski definition) is 2. The number of hydrogen-bond donors (Lipinski definition) is 1. The highest BCUT2D eigenvalue weighted by Crippen LogP contribution is 2.31. The molecule has 3 heteroatoms. The van der Waals surface area contributed by atoms with Gasteiger partial charge in [0.25, 0.3) is 0 Å². The molecule has 2 fully saturated rings. The van der Waals surface area contributed by atoms with Crippen molar-refractivity contribution < 1.29 is 9.90 Å². The molecule has 2 rings (SSSR count). The average Bonchev–Trinajstić information content (AvgIpc) is 2.54. The summed E-state index contributed by atoms with van der Waals surface area (Å²) in [6.07, 6.45) is 3.74. The van der Waals surface area contributed by atoms with Crippen LogP contribution in [-0.4, -0.2) is 35.1 Å². The normalized spacial score (nSPS) is 35.4. The molecule has 0 aromatic heterocycles. The summed E-state index contributed by atoms with van der Waals surface area (Å²) in [5, 5.41) is 9.09. The van der Waals surface area contributed by atoms with Crippen LogP contribution in [0.3, 0.4) is 0 Å². The molecule has 2 saturated heterocycles. The van der Waals surface area contributed by atoms with E-state index in [-0.39, 0.29) is 6.61 Å². The SMILES string of the molecule is O=C1CCC(CO)[C@@H]2CCCN12. The van der Waals surface area contributed by atoms with Crippen molar-refractivity contribution in [3.63, 3.8) is 0 Å². The molecule has 0 aromatic rings. The molecule has 0 aliphatic carbocycles. The van der Waals surface area contributed by atoms with Crippen LogP contribution in [0.5, 0.6) is 0 Å². The van der Waals surface area contributed by atoms with E-state index in [1.165, 1.54) is 0 Å². The standard InChI is InChI=1S/C9H15NO2/c11-6-7-3-4-9(12)10-5-1-2-8(7)10/h7-8,11H,1-6H2/t7?,8-/m0/s1. The second-order valence-corrected chi connectivity index (χ2v) is 3.78. The second-order valence-electron chi connectivity index (χ2n) is 3.78. The highest BCUT2D eigenvalue weighted by Gasteiger charge is 2.37. The lowest BCUT2D eigenvalue weighted by atomic mass is 9.90. The van der Waals surface area contributed by atoms with E-state index in [1.54, 1.807) is 0 Å². The van der Waals surface area contributed by atoms with Gasteiger partial charge in [-0.2, -0.15) is 0 Å². The number of aliphatic hydroxyl groups is 1. The summed E-state index contributed by atoms with van der Waals surface area (Å²) in [6, 6.07) is 0.358. The molecule has 68 valence electrons. The molecule has 1 amide bonds. The molecule has 12 heavy (non-hydrogen) atoms. The van der Waals surface area contributed by atoms with Gasteiger partial charge in [-0.1, -0.05) is 0 Å². The van der Waals surface area contributed by atoms with Crippen LogP contribution in [-0.2, 0) is 4.79 Å². The predicted molar refractivity (Wildman–Crippen MR) is 44.5 cm³/mol. The van der Waals surface area contributed by atoms with Gasteiger partial charge in [0.15, 0.2) is 0 Å². The molecule has 2 aliphatic rings. The number of carbonyl (C=O) groups excluding carboxylic acids is 1. The van der Waals surface area contributed by atoms with Crippen LogP contribution >= 0.6 is 0 Å². The average molecular weight is 169 g/mol. The first-order chi connectivity index (χ1) is 5.83. The molecule has 0 spiro atoms. The smallest absolute Gasteiger partial charge is 0.222 e. The number of fused-ring (bicyclic) bond motifs is 1. The van der Waals surface area contributed by atoms with Gasteiger partial charge in [-0.25, -0.2) is 0 Å². The van der Waals surface area contributed by atoms with Crippen LogP contribution in [0.2, 0.25) is 0 Å². The van der Waals surface area contributed by atoms with Gasteiger partial charge in [0.2, 0.25) is 5.91 Å². The fraction of sp³-hybridized carbons (Fsp3) is 0.889. The molecule has 0 aromatic carbocycles. The van der Waals surface area contributed by atoms with Crippen LogP contribution in [0.4, 0.5) is 0 Å². The minimum absolute atomic E-state index is 0.244. The third-order valence-corrected chi connectivity index (χ3v) is 3.13. The molecule has 2 heterocycles. The zero-order valence-electron chi connectivity index (χ0n) is 7.20. The maximum Gasteiger partial charge on any atom is 0.222 e. The Kier molecular flexibility index (Phi) is 2.05. The maximum absolute atomic E-state index is 11.4. The van der Waals surface area contributed by atoms with E-state index < -0.39 is 0 Å². The number of nitrogens with zero attached hydrogens (tertiary/aromatic N) is 1. The zero-order valence-corrected chi connectivity index (χ0v) is 7.20. The lowest BCUT2D eigenvalue weighted by Gasteiger charge is -2.35. The van der Waals surface area contributed by atoms with E-state index in [0.29, 0.717) is 24.3 Å². The molecule has 3 nitrogen and oxygen atoms in total. The first kappa shape index (κ1) is 8.05. The predicted octanol–water partition coefficient (Wildman–Crippen LogP) is 0.380. The summed E-state index contributed by atoms with van der Waals surface area (Å²) < 4.78 is 0. The van der Waals surface area contributed by atoms with Gasteiger partial charge in [-0.05, 0) is 19.3 Å². The fourth-order valence-electron chi connectivity index (χ4n) is 2.45. The molecule has 1 N–H and O–H groups in total. The van der Waals surface area contributed by atoms with Gasteiger partial charge in [-0.3, -0.25) is 4.79 Å². The number of piperidine rings is 1. The van der Waals surface area contributed by atoms with Gasteiger partial charge in [-0.15, -0.1) is 0 Å². The summed E-state index contributed by atoms with van der Waals surface area (Å²) in [5.41, 5.74) is 0. The van der Waals surface area contributed by atoms with E-state index in [9.17, 15) is 4.79 Å². The Morgan fingerprint density at radius 3 is 3.08 bits per heavy atom. The van der Waals surface area contributed by atoms with Gasteiger partial charge in [0, 0.05) is 31.5 Å². The lowest BCUT2D eigenvalue weighted by molar-refractivity contribution is -0.137. The van der Waals surface area contributed by atoms with Crippen LogP contribution in [0.15, 0.2) is 0 Å². The molecule has 0 bridgehead atoms. The summed E-state index contributed by atoms with van der Waals surface area (Å²) in [5.74, 6) is 0.646. The van der Waals surface area contributed by atoms with Crippen molar-refractivity contribution in [2.24, 2.45) is 5.92 Å². The third-order valence-electron chi connectivity index (χ3n) is 3.13. The molecular formula is C9H15NO2.